The molecule has 1 aromatic heterocycles. The highest BCUT2D eigenvalue weighted by Gasteiger charge is 2.37. The molecule has 4 rings (SSSR count). The van der Waals surface area contributed by atoms with Crippen LogP contribution in [0, 0.1) is 5.82 Å². The van der Waals surface area contributed by atoms with E-state index in [4.69, 9.17) is 9.47 Å². The van der Waals surface area contributed by atoms with Crippen LogP contribution in [0.4, 0.5) is 35.0 Å². The van der Waals surface area contributed by atoms with E-state index in [1.807, 2.05) is 0 Å². The van der Waals surface area contributed by atoms with Crippen LogP contribution in [-0.4, -0.2) is 60.2 Å². The lowest BCUT2D eigenvalue weighted by Crippen LogP contribution is -2.46. The molecule has 2 aliphatic heterocycles. The van der Waals surface area contributed by atoms with Gasteiger partial charge in [-0.15, -0.1) is 0 Å². The summed E-state index contributed by atoms with van der Waals surface area (Å²) in [6.45, 7) is 0.784. The number of ether oxygens (including phenoxy) is 2. The molecular formula is C20H21F4N5O3. The Balaban J connectivity index is 1.59. The summed E-state index contributed by atoms with van der Waals surface area (Å²) >= 11 is 0. The Morgan fingerprint density at radius 1 is 1.25 bits per heavy atom. The highest BCUT2D eigenvalue weighted by atomic mass is 19.4. The third-order valence-electron chi connectivity index (χ3n) is 5.43. The zero-order valence-corrected chi connectivity index (χ0v) is 17.3. The second-order valence-corrected chi connectivity index (χ2v) is 7.53. The molecule has 2 aliphatic rings. The molecule has 0 radical (unpaired) electrons. The number of halogens is 4. The van der Waals surface area contributed by atoms with Crippen LogP contribution in [-0.2, 0) is 10.9 Å². The topological polar surface area (TPSA) is 88.6 Å². The zero-order chi connectivity index (χ0) is 23.0. The van der Waals surface area contributed by atoms with Crippen LogP contribution in [0.1, 0.15) is 28.8 Å². The van der Waals surface area contributed by atoms with Gasteiger partial charge in [0.15, 0.2) is 0 Å². The maximum absolute atomic E-state index is 14.9. The Morgan fingerprint density at radius 3 is 2.53 bits per heavy atom. The van der Waals surface area contributed by atoms with Crippen LogP contribution >= 0.6 is 0 Å². The molecule has 8 nitrogen and oxygen atoms in total. The van der Waals surface area contributed by atoms with Gasteiger partial charge in [0.05, 0.1) is 30.6 Å². The molecular weight excluding hydrogens is 434 g/mol. The van der Waals surface area contributed by atoms with Gasteiger partial charge < -0.3 is 25.0 Å². The molecule has 2 aromatic rings. The first-order valence-electron chi connectivity index (χ1n) is 9.91. The van der Waals surface area contributed by atoms with Gasteiger partial charge in [0, 0.05) is 32.4 Å². The first-order valence-corrected chi connectivity index (χ1v) is 9.91. The largest absolute Gasteiger partial charge is 0.495 e. The fourth-order valence-electron chi connectivity index (χ4n) is 3.90. The first-order chi connectivity index (χ1) is 15.2. The highest BCUT2D eigenvalue weighted by Crippen LogP contribution is 2.35. The van der Waals surface area contributed by atoms with E-state index in [0.717, 1.165) is 18.9 Å². The number of benzene rings is 1. The molecule has 2 fully saturated rings. The molecule has 2 saturated heterocycles. The summed E-state index contributed by atoms with van der Waals surface area (Å²) in [6.07, 6.45) is -2.37. The summed E-state index contributed by atoms with van der Waals surface area (Å²) in [6, 6.07) is 2.28. The van der Waals surface area contributed by atoms with Gasteiger partial charge >= 0.3 is 6.18 Å². The number of rotatable bonds is 5. The van der Waals surface area contributed by atoms with Crippen LogP contribution < -0.4 is 15.4 Å². The van der Waals surface area contributed by atoms with E-state index in [2.05, 4.69) is 20.6 Å². The Labute approximate surface area is 180 Å². The van der Waals surface area contributed by atoms with Crippen molar-refractivity contribution >= 4 is 23.4 Å². The highest BCUT2D eigenvalue weighted by molar-refractivity contribution is 5.96. The lowest BCUT2D eigenvalue weighted by molar-refractivity contribution is -0.137. The number of likely N-dealkylation sites (tertiary alicyclic amines) is 1. The van der Waals surface area contributed by atoms with Gasteiger partial charge in [0.25, 0.3) is 5.91 Å². The number of alkyl halides is 3. The van der Waals surface area contributed by atoms with Crippen molar-refractivity contribution in [2.75, 3.05) is 37.9 Å². The van der Waals surface area contributed by atoms with Gasteiger partial charge in [0.2, 0.25) is 5.95 Å². The molecule has 2 unspecified atom stereocenters. The third-order valence-corrected chi connectivity index (χ3v) is 5.43. The minimum absolute atomic E-state index is 0.0400. The summed E-state index contributed by atoms with van der Waals surface area (Å²) in [7, 11) is 2.62. The van der Waals surface area contributed by atoms with E-state index in [-0.39, 0.29) is 35.2 Å². The van der Waals surface area contributed by atoms with Crippen LogP contribution in [0.2, 0.25) is 0 Å². The second-order valence-electron chi connectivity index (χ2n) is 7.53. The van der Waals surface area contributed by atoms with Crippen molar-refractivity contribution in [3.8, 4) is 5.75 Å². The molecule has 1 amide bonds. The molecule has 1 aromatic carbocycles. The number of carbonyl (C=O) groups is 1. The van der Waals surface area contributed by atoms with E-state index in [1.54, 1.807) is 4.90 Å². The number of aromatic nitrogens is 2. The second kappa shape index (κ2) is 8.41. The maximum Gasteiger partial charge on any atom is 0.421 e. The van der Waals surface area contributed by atoms with Crippen molar-refractivity contribution < 1.29 is 31.8 Å². The minimum atomic E-state index is -4.64. The lowest BCUT2D eigenvalue weighted by Gasteiger charge is -2.32. The van der Waals surface area contributed by atoms with Gasteiger partial charge in [-0.1, -0.05) is 0 Å². The van der Waals surface area contributed by atoms with Crippen molar-refractivity contribution in [2.24, 2.45) is 0 Å². The SMILES string of the molecule is CNc1nc(Nc2cc(F)c(C(=O)N3CC4CCC(C3)O4)cc2OC)ncc1C(F)(F)F. The first kappa shape index (κ1) is 22.1. The van der Waals surface area contributed by atoms with Crippen molar-refractivity contribution in [1.82, 2.24) is 14.9 Å². The van der Waals surface area contributed by atoms with E-state index in [1.165, 1.54) is 20.2 Å². The number of hydrogen-bond acceptors (Lipinski definition) is 7. The Kier molecular flexibility index (Phi) is 5.80. The monoisotopic (exact) mass is 455 g/mol. The minimum Gasteiger partial charge on any atom is -0.495 e. The quantitative estimate of drug-likeness (QED) is 0.668. The van der Waals surface area contributed by atoms with Gasteiger partial charge in [-0.2, -0.15) is 18.2 Å². The van der Waals surface area contributed by atoms with Gasteiger partial charge in [-0.05, 0) is 18.9 Å². The summed E-state index contributed by atoms with van der Waals surface area (Å²) in [4.78, 5) is 21.9. The Bertz CT molecular complexity index is 1020. The van der Waals surface area contributed by atoms with E-state index < -0.39 is 29.3 Å². The molecule has 2 bridgehead atoms. The van der Waals surface area contributed by atoms with E-state index in [9.17, 15) is 22.4 Å². The molecule has 2 N–H and O–H groups in total. The number of methoxy groups -OCH3 is 1. The average molecular weight is 455 g/mol. The third kappa shape index (κ3) is 4.27. The molecule has 12 heteroatoms. The molecule has 0 aliphatic carbocycles. The number of nitrogens with zero attached hydrogens (tertiary/aromatic N) is 3. The predicted molar refractivity (Wildman–Crippen MR) is 107 cm³/mol. The van der Waals surface area contributed by atoms with Crippen molar-refractivity contribution in [3.63, 3.8) is 0 Å². The normalized spacial score (nSPS) is 20.2. The van der Waals surface area contributed by atoms with Gasteiger partial charge in [0.1, 0.15) is 22.9 Å². The summed E-state index contributed by atoms with van der Waals surface area (Å²) in [5.74, 6) is -1.82. The number of hydrogen-bond donors (Lipinski definition) is 2. The molecule has 0 spiro atoms. The predicted octanol–water partition coefficient (Wildman–Crippen LogP) is 3.43. The molecule has 172 valence electrons. The smallest absolute Gasteiger partial charge is 0.421 e. The standard InChI is InChI=1S/C20H21F4N5O3/c1-25-17-13(20(22,23)24)7-26-19(28-17)27-15-6-14(21)12(5-16(15)31-2)18(30)29-8-10-3-4-11(9-29)32-10/h5-7,10-11H,3-4,8-9H2,1-2H3,(H2,25,26,27,28). The number of nitrogens with one attached hydrogen (secondary N) is 2. The fourth-order valence-corrected chi connectivity index (χ4v) is 3.90. The molecule has 2 atom stereocenters. The Morgan fingerprint density at radius 2 is 1.94 bits per heavy atom. The average Bonchev–Trinajstić information content (AvgIpc) is 3.10. The van der Waals surface area contributed by atoms with E-state index >= 15 is 0 Å². The van der Waals surface area contributed by atoms with Crippen LogP contribution in [0.5, 0.6) is 5.75 Å². The molecule has 3 heterocycles. The summed E-state index contributed by atoms with van der Waals surface area (Å²) in [5.41, 5.74) is -1.15. The molecule has 32 heavy (non-hydrogen) atoms. The van der Waals surface area contributed by atoms with Crippen LogP contribution in [0.15, 0.2) is 18.3 Å². The van der Waals surface area contributed by atoms with E-state index in [0.29, 0.717) is 19.3 Å². The van der Waals surface area contributed by atoms with Crippen LogP contribution in [0.25, 0.3) is 0 Å². The van der Waals surface area contributed by atoms with Crippen molar-refractivity contribution in [3.05, 3.63) is 35.3 Å². The number of anilines is 3. The number of fused-ring (bicyclic) bond motifs is 2. The summed E-state index contributed by atoms with van der Waals surface area (Å²) in [5, 5.41) is 5.01. The van der Waals surface area contributed by atoms with Crippen molar-refractivity contribution in [1.29, 1.82) is 0 Å². The number of amides is 1. The summed E-state index contributed by atoms with van der Waals surface area (Å²) < 4.78 is 65.0. The zero-order valence-electron chi connectivity index (χ0n) is 17.3. The maximum atomic E-state index is 14.9. The van der Waals surface area contributed by atoms with Gasteiger partial charge in [-0.3, -0.25) is 4.79 Å². The Hall–Kier alpha value is -3.15. The number of morpholine rings is 1. The lowest BCUT2D eigenvalue weighted by atomic mass is 10.1. The molecule has 0 saturated carbocycles. The fraction of sp³-hybridized carbons (Fsp3) is 0.450. The van der Waals surface area contributed by atoms with Crippen LogP contribution in [0.3, 0.4) is 0 Å². The number of carbonyl (C=O) groups excluding carboxylic acids is 1. The van der Waals surface area contributed by atoms with Gasteiger partial charge in [-0.25, -0.2) is 9.37 Å². The van der Waals surface area contributed by atoms with Crippen molar-refractivity contribution in [2.45, 2.75) is 31.2 Å².